The lowest BCUT2D eigenvalue weighted by Gasteiger charge is -2.36. The van der Waals surface area contributed by atoms with Crippen LogP contribution in [0.3, 0.4) is 0 Å². The lowest BCUT2D eigenvalue weighted by Crippen LogP contribution is -2.55. The Balaban J connectivity index is 1.67. The highest BCUT2D eigenvalue weighted by Gasteiger charge is 2.51. The number of carbonyl (C=O) groups is 3. The molecule has 2 fully saturated rings. The molecule has 2 heterocycles. The van der Waals surface area contributed by atoms with Crippen molar-refractivity contribution in [3.8, 4) is 0 Å². The summed E-state index contributed by atoms with van der Waals surface area (Å²) in [5.74, 6) is -1.06. The average Bonchev–Trinajstić information content (AvgIpc) is 3.20. The minimum absolute atomic E-state index is 0.00475. The number of hydrogen-bond acceptors (Lipinski definition) is 3. The molecule has 26 heavy (non-hydrogen) atoms. The third-order valence-corrected chi connectivity index (χ3v) is 6.23. The zero-order valence-electron chi connectivity index (χ0n) is 14.9. The number of nitrogens with zero attached hydrogens (tertiary/aromatic N) is 2. The van der Waals surface area contributed by atoms with Crippen molar-refractivity contribution < 1.29 is 19.5 Å². The molecule has 6 heteroatoms. The molecule has 3 aliphatic rings. The van der Waals surface area contributed by atoms with E-state index in [9.17, 15) is 19.5 Å². The molecule has 138 valence electrons. The van der Waals surface area contributed by atoms with Gasteiger partial charge in [-0.05, 0) is 36.8 Å². The van der Waals surface area contributed by atoms with Crippen molar-refractivity contribution in [1.29, 1.82) is 0 Å². The standard InChI is InChI=1S/C20H24N2O4/c1-12(23)21-15-8-4-2-6-13(15)10-17(21)19(24)22-16-9-5-3-7-14(16)11-18(22)20(25)26/h2,4,6,8,14,16-18H,3,5,7,9-11H2,1H3,(H,25,26)/t14-,16-,17-,18-/m0/s1. The summed E-state index contributed by atoms with van der Waals surface area (Å²) >= 11 is 0. The third kappa shape index (κ3) is 2.59. The molecule has 1 saturated heterocycles. The van der Waals surface area contributed by atoms with Gasteiger partial charge in [0.2, 0.25) is 11.8 Å². The Morgan fingerprint density at radius 1 is 1.08 bits per heavy atom. The van der Waals surface area contributed by atoms with Crippen LogP contribution in [0.5, 0.6) is 0 Å². The molecule has 4 rings (SSSR count). The molecule has 1 N–H and O–H groups in total. The Morgan fingerprint density at radius 2 is 1.81 bits per heavy atom. The number of para-hydroxylation sites is 1. The molecule has 2 aliphatic heterocycles. The van der Waals surface area contributed by atoms with Crippen molar-refractivity contribution in [2.24, 2.45) is 5.92 Å². The normalized spacial score (nSPS) is 30.0. The molecule has 1 aliphatic carbocycles. The van der Waals surface area contributed by atoms with Crippen LogP contribution in [-0.4, -0.2) is 45.9 Å². The number of carboxylic acids is 1. The Hall–Kier alpha value is -2.37. The topological polar surface area (TPSA) is 77.9 Å². The fraction of sp³-hybridized carbons (Fsp3) is 0.550. The highest BCUT2D eigenvalue weighted by Crippen LogP contribution is 2.42. The summed E-state index contributed by atoms with van der Waals surface area (Å²) in [6, 6.07) is 6.13. The van der Waals surface area contributed by atoms with Gasteiger partial charge in [0, 0.05) is 25.1 Å². The zero-order valence-corrected chi connectivity index (χ0v) is 14.9. The van der Waals surface area contributed by atoms with E-state index in [1.54, 1.807) is 9.80 Å². The van der Waals surface area contributed by atoms with Gasteiger partial charge in [-0.25, -0.2) is 4.79 Å². The third-order valence-electron chi connectivity index (χ3n) is 6.23. The number of carbonyl (C=O) groups excluding carboxylic acids is 2. The van der Waals surface area contributed by atoms with E-state index in [0.717, 1.165) is 36.9 Å². The quantitative estimate of drug-likeness (QED) is 0.881. The molecule has 0 radical (unpaired) electrons. The maximum absolute atomic E-state index is 13.5. The molecule has 1 aromatic carbocycles. The van der Waals surface area contributed by atoms with Gasteiger partial charge in [-0.2, -0.15) is 0 Å². The second-order valence-corrected chi connectivity index (χ2v) is 7.68. The molecule has 0 aromatic heterocycles. The Bertz CT molecular complexity index is 762. The first-order valence-corrected chi connectivity index (χ1v) is 9.41. The minimum atomic E-state index is -0.933. The molecule has 6 nitrogen and oxygen atoms in total. The molecular formula is C20H24N2O4. The number of hydrogen-bond donors (Lipinski definition) is 1. The minimum Gasteiger partial charge on any atom is -0.480 e. The number of benzene rings is 1. The fourth-order valence-corrected chi connectivity index (χ4v) is 5.14. The van der Waals surface area contributed by atoms with Gasteiger partial charge < -0.3 is 10.0 Å². The number of rotatable bonds is 2. The smallest absolute Gasteiger partial charge is 0.326 e. The van der Waals surface area contributed by atoms with E-state index in [4.69, 9.17) is 0 Å². The van der Waals surface area contributed by atoms with Gasteiger partial charge in [0.25, 0.3) is 0 Å². The number of aliphatic carboxylic acids is 1. The van der Waals surface area contributed by atoms with E-state index in [1.807, 2.05) is 24.3 Å². The highest BCUT2D eigenvalue weighted by molar-refractivity contribution is 6.03. The summed E-state index contributed by atoms with van der Waals surface area (Å²) in [7, 11) is 0. The van der Waals surface area contributed by atoms with Crippen LogP contribution in [0.25, 0.3) is 0 Å². The second-order valence-electron chi connectivity index (χ2n) is 7.68. The Labute approximate surface area is 152 Å². The number of carboxylic acid groups (broad SMARTS) is 1. The van der Waals surface area contributed by atoms with Crippen molar-refractivity contribution in [2.75, 3.05) is 4.90 Å². The Morgan fingerprint density at radius 3 is 2.54 bits per heavy atom. The number of likely N-dealkylation sites (tertiary alicyclic amines) is 1. The average molecular weight is 356 g/mol. The molecule has 1 saturated carbocycles. The van der Waals surface area contributed by atoms with E-state index in [0.29, 0.717) is 12.8 Å². The van der Waals surface area contributed by atoms with Crippen LogP contribution in [0.2, 0.25) is 0 Å². The summed E-state index contributed by atoms with van der Waals surface area (Å²) in [6.45, 7) is 1.46. The van der Waals surface area contributed by atoms with Gasteiger partial charge in [0.05, 0.1) is 0 Å². The van der Waals surface area contributed by atoms with Gasteiger partial charge in [-0.15, -0.1) is 0 Å². The second kappa shape index (κ2) is 6.41. The maximum atomic E-state index is 13.5. The van der Waals surface area contributed by atoms with Crippen molar-refractivity contribution in [3.05, 3.63) is 29.8 Å². The van der Waals surface area contributed by atoms with Crippen molar-refractivity contribution in [1.82, 2.24) is 4.90 Å². The molecule has 1 aromatic rings. The number of anilines is 1. The fourth-order valence-electron chi connectivity index (χ4n) is 5.14. The van der Waals surface area contributed by atoms with Gasteiger partial charge in [0.15, 0.2) is 0 Å². The van der Waals surface area contributed by atoms with E-state index >= 15 is 0 Å². The van der Waals surface area contributed by atoms with Gasteiger partial charge in [-0.3, -0.25) is 14.5 Å². The molecule has 0 unspecified atom stereocenters. The molecule has 4 atom stereocenters. The van der Waals surface area contributed by atoms with Crippen LogP contribution < -0.4 is 4.90 Å². The monoisotopic (exact) mass is 356 g/mol. The van der Waals surface area contributed by atoms with Crippen LogP contribution in [0.1, 0.15) is 44.6 Å². The maximum Gasteiger partial charge on any atom is 0.326 e. The molecule has 0 spiro atoms. The summed E-state index contributed by atoms with van der Waals surface area (Å²) in [6.07, 6.45) is 4.96. The highest BCUT2D eigenvalue weighted by atomic mass is 16.4. The molecular weight excluding hydrogens is 332 g/mol. The van der Waals surface area contributed by atoms with Crippen molar-refractivity contribution >= 4 is 23.5 Å². The lowest BCUT2D eigenvalue weighted by molar-refractivity contribution is -0.150. The summed E-state index contributed by atoms with van der Waals surface area (Å²) in [5, 5.41) is 9.70. The number of fused-ring (bicyclic) bond motifs is 2. The van der Waals surface area contributed by atoms with E-state index < -0.39 is 18.1 Å². The summed E-state index contributed by atoms with van der Waals surface area (Å²) in [4.78, 5) is 40.7. The zero-order chi connectivity index (χ0) is 18.4. The summed E-state index contributed by atoms with van der Waals surface area (Å²) in [5.41, 5.74) is 1.73. The van der Waals surface area contributed by atoms with Crippen molar-refractivity contribution in [3.63, 3.8) is 0 Å². The Kier molecular flexibility index (Phi) is 4.21. The first-order valence-electron chi connectivity index (χ1n) is 9.41. The van der Waals surface area contributed by atoms with Crippen molar-refractivity contribution in [2.45, 2.75) is 63.6 Å². The van der Waals surface area contributed by atoms with E-state index in [2.05, 4.69) is 0 Å². The first kappa shape index (κ1) is 17.1. The van der Waals surface area contributed by atoms with E-state index in [1.165, 1.54) is 6.92 Å². The predicted molar refractivity (Wildman–Crippen MR) is 95.7 cm³/mol. The van der Waals surface area contributed by atoms with E-state index in [-0.39, 0.29) is 23.8 Å². The largest absolute Gasteiger partial charge is 0.480 e. The van der Waals surface area contributed by atoms with Crippen LogP contribution in [0.15, 0.2) is 24.3 Å². The predicted octanol–water partition coefficient (Wildman–Crippen LogP) is 2.21. The molecule has 0 bridgehead atoms. The lowest BCUT2D eigenvalue weighted by atomic mass is 9.84. The SMILES string of the molecule is CC(=O)N1c2ccccc2C[C@H]1C(=O)N1[C@H](C(=O)O)C[C@@H]2CCCC[C@@H]21. The first-order chi connectivity index (χ1) is 12.5. The van der Waals surface area contributed by atoms with Crippen LogP contribution in [0, 0.1) is 5.92 Å². The van der Waals surface area contributed by atoms with Crippen LogP contribution >= 0.6 is 0 Å². The summed E-state index contributed by atoms with van der Waals surface area (Å²) < 4.78 is 0. The van der Waals surface area contributed by atoms with Crippen LogP contribution in [0.4, 0.5) is 5.69 Å². The number of amides is 2. The van der Waals surface area contributed by atoms with Gasteiger partial charge >= 0.3 is 5.97 Å². The van der Waals surface area contributed by atoms with Gasteiger partial charge in [0.1, 0.15) is 12.1 Å². The van der Waals surface area contributed by atoms with Crippen LogP contribution in [-0.2, 0) is 20.8 Å². The van der Waals surface area contributed by atoms with Gasteiger partial charge in [-0.1, -0.05) is 31.0 Å². The molecule has 2 amide bonds.